The molecular formula is C17H16ClNO4. The largest absolute Gasteiger partial charge is 0.495 e. The van der Waals surface area contributed by atoms with Crippen molar-refractivity contribution in [1.29, 1.82) is 0 Å². The molecule has 0 amide bonds. The van der Waals surface area contributed by atoms with E-state index in [1.807, 2.05) is 6.07 Å². The van der Waals surface area contributed by atoms with Gasteiger partial charge in [-0.2, -0.15) is 0 Å². The zero-order chi connectivity index (χ0) is 16.2. The van der Waals surface area contributed by atoms with Crippen LogP contribution in [0.25, 0.3) is 0 Å². The predicted molar refractivity (Wildman–Crippen MR) is 88.3 cm³/mol. The van der Waals surface area contributed by atoms with Gasteiger partial charge in [-0.05, 0) is 36.4 Å². The van der Waals surface area contributed by atoms with E-state index in [1.165, 1.54) is 0 Å². The Kier molecular flexibility index (Phi) is 4.57. The van der Waals surface area contributed by atoms with E-state index in [2.05, 4.69) is 5.32 Å². The van der Waals surface area contributed by atoms with E-state index in [-0.39, 0.29) is 12.3 Å². The number of hydrogen-bond acceptors (Lipinski definition) is 5. The van der Waals surface area contributed by atoms with Gasteiger partial charge in [0.2, 0.25) is 0 Å². The number of ether oxygens (including phenoxy) is 3. The topological polar surface area (TPSA) is 56.8 Å². The standard InChI is InChI=1S/C17H16ClNO4/c1-21-15-5-3-12(9-13(15)18)19-10-14(20)11-2-4-16-17(8-11)23-7-6-22-16/h2-5,8-9,19H,6-7,10H2,1H3. The Bertz CT molecular complexity index is 733. The Morgan fingerprint density at radius 3 is 2.70 bits per heavy atom. The van der Waals surface area contributed by atoms with Crippen molar-refractivity contribution in [2.24, 2.45) is 0 Å². The summed E-state index contributed by atoms with van der Waals surface area (Å²) < 4.78 is 16.0. The van der Waals surface area contributed by atoms with Gasteiger partial charge in [0.25, 0.3) is 0 Å². The Hall–Kier alpha value is -2.40. The molecule has 0 saturated carbocycles. The Morgan fingerprint density at radius 2 is 1.96 bits per heavy atom. The third-order valence-corrected chi connectivity index (χ3v) is 3.76. The number of anilines is 1. The van der Waals surface area contributed by atoms with Crippen LogP contribution in [0.5, 0.6) is 17.2 Å². The molecule has 0 radical (unpaired) electrons. The smallest absolute Gasteiger partial charge is 0.181 e. The first-order chi connectivity index (χ1) is 11.2. The van der Waals surface area contributed by atoms with Gasteiger partial charge in [0.15, 0.2) is 17.3 Å². The number of methoxy groups -OCH3 is 1. The zero-order valence-electron chi connectivity index (χ0n) is 12.6. The summed E-state index contributed by atoms with van der Waals surface area (Å²) in [5.74, 6) is 1.82. The lowest BCUT2D eigenvalue weighted by atomic mass is 10.1. The normalized spacial score (nSPS) is 12.6. The molecule has 120 valence electrons. The minimum absolute atomic E-state index is 0.0473. The fourth-order valence-electron chi connectivity index (χ4n) is 2.28. The van der Waals surface area contributed by atoms with Crippen molar-refractivity contribution in [3.63, 3.8) is 0 Å². The first-order valence-corrected chi connectivity index (χ1v) is 7.55. The van der Waals surface area contributed by atoms with Crippen molar-refractivity contribution < 1.29 is 19.0 Å². The molecule has 0 aliphatic carbocycles. The van der Waals surface area contributed by atoms with Gasteiger partial charge in [0, 0.05) is 11.3 Å². The quantitative estimate of drug-likeness (QED) is 0.850. The molecule has 3 rings (SSSR count). The van der Waals surface area contributed by atoms with Crippen molar-refractivity contribution in [1.82, 2.24) is 0 Å². The van der Waals surface area contributed by atoms with E-state index in [1.54, 1.807) is 37.4 Å². The van der Waals surface area contributed by atoms with Crippen molar-refractivity contribution in [2.75, 3.05) is 32.2 Å². The molecule has 0 bridgehead atoms. The van der Waals surface area contributed by atoms with Crippen LogP contribution in [0.3, 0.4) is 0 Å². The van der Waals surface area contributed by atoms with Crippen LogP contribution in [0, 0.1) is 0 Å². The maximum absolute atomic E-state index is 12.3. The number of Topliss-reactive ketones (excluding diaryl/α,β-unsaturated/α-hetero) is 1. The van der Waals surface area contributed by atoms with Crippen LogP contribution in [-0.4, -0.2) is 32.7 Å². The number of benzene rings is 2. The van der Waals surface area contributed by atoms with Gasteiger partial charge < -0.3 is 19.5 Å². The SMILES string of the molecule is COc1ccc(NCC(=O)c2ccc3c(c2)OCCO3)cc1Cl. The first kappa shape index (κ1) is 15.5. The lowest BCUT2D eigenvalue weighted by Gasteiger charge is -2.18. The summed E-state index contributed by atoms with van der Waals surface area (Å²) >= 11 is 6.06. The molecule has 0 aromatic heterocycles. The molecule has 1 aliphatic heterocycles. The second-order valence-corrected chi connectivity index (χ2v) is 5.39. The zero-order valence-corrected chi connectivity index (χ0v) is 13.4. The van der Waals surface area contributed by atoms with Crippen molar-refractivity contribution in [2.45, 2.75) is 0 Å². The summed E-state index contributed by atoms with van der Waals surface area (Å²) in [7, 11) is 1.56. The van der Waals surface area contributed by atoms with E-state index in [9.17, 15) is 4.79 Å². The minimum Gasteiger partial charge on any atom is -0.495 e. The van der Waals surface area contributed by atoms with E-state index in [0.717, 1.165) is 5.69 Å². The average Bonchev–Trinajstić information content (AvgIpc) is 2.59. The lowest BCUT2D eigenvalue weighted by molar-refractivity contribution is 0.100. The molecule has 0 unspecified atom stereocenters. The van der Waals surface area contributed by atoms with E-state index < -0.39 is 0 Å². The fraction of sp³-hybridized carbons (Fsp3) is 0.235. The van der Waals surface area contributed by atoms with Crippen LogP contribution in [-0.2, 0) is 0 Å². The van der Waals surface area contributed by atoms with Gasteiger partial charge in [0.05, 0.1) is 18.7 Å². The molecular weight excluding hydrogens is 318 g/mol. The van der Waals surface area contributed by atoms with Crippen molar-refractivity contribution >= 4 is 23.1 Å². The number of halogens is 1. The third kappa shape index (κ3) is 3.51. The molecule has 2 aromatic carbocycles. The second kappa shape index (κ2) is 6.79. The van der Waals surface area contributed by atoms with Crippen LogP contribution in [0.1, 0.15) is 10.4 Å². The highest BCUT2D eigenvalue weighted by Crippen LogP contribution is 2.31. The van der Waals surface area contributed by atoms with Gasteiger partial charge in [-0.25, -0.2) is 0 Å². The summed E-state index contributed by atoms with van der Waals surface area (Å²) in [4.78, 5) is 12.3. The summed E-state index contributed by atoms with van der Waals surface area (Å²) in [5.41, 5.74) is 1.32. The van der Waals surface area contributed by atoms with Crippen molar-refractivity contribution in [3.8, 4) is 17.2 Å². The molecule has 5 nitrogen and oxygen atoms in total. The predicted octanol–water partition coefficient (Wildman–Crippen LogP) is 3.41. The molecule has 1 N–H and O–H groups in total. The van der Waals surface area contributed by atoms with Gasteiger partial charge in [0.1, 0.15) is 19.0 Å². The van der Waals surface area contributed by atoms with Crippen LogP contribution in [0.15, 0.2) is 36.4 Å². The number of carbonyl (C=O) groups excluding carboxylic acids is 1. The van der Waals surface area contributed by atoms with E-state index in [4.69, 9.17) is 25.8 Å². The summed E-state index contributed by atoms with van der Waals surface area (Å²) in [6, 6.07) is 10.5. The highest BCUT2D eigenvalue weighted by atomic mass is 35.5. The lowest BCUT2D eigenvalue weighted by Crippen LogP contribution is -2.17. The molecule has 2 aromatic rings. The molecule has 1 heterocycles. The second-order valence-electron chi connectivity index (χ2n) is 4.98. The van der Waals surface area contributed by atoms with E-state index >= 15 is 0 Å². The molecule has 0 saturated heterocycles. The average molecular weight is 334 g/mol. The first-order valence-electron chi connectivity index (χ1n) is 7.17. The Balaban J connectivity index is 1.66. The summed E-state index contributed by atoms with van der Waals surface area (Å²) in [5, 5.41) is 3.54. The number of hydrogen-bond donors (Lipinski definition) is 1. The summed E-state index contributed by atoms with van der Waals surface area (Å²) in [6.45, 7) is 1.18. The van der Waals surface area contributed by atoms with Gasteiger partial charge >= 0.3 is 0 Å². The van der Waals surface area contributed by atoms with Crippen LogP contribution >= 0.6 is 11.6 Å². The summed E-state index contributed by atoms with van der Waals surface area (Å²) in [6.07, 6.45) is 0. The number of carbonyl (C=O) groups is 1. The highest BCUT2D eigenvalue weighted by molar-refractivity contribution is 6.32. The van der Waals surface area contributed by atoms with Gasteiger partial charge in [-0.15, -0.1) is 0 Å². The van der Waals surface area contributed by atoms with Crippen LogP contribution in [0.2, 0.25) is 5.02 Å². The Morgan fingerprint density at radius 1 is 1.17 bits per heavy atom. The van der Waals surface area contributed by atoms with E-state index in [0.29, 0.717) is 41.0 Å². The number of nitrogens with one attached hydrogen (secondary N) is 1. The molecule has 0 spiro atoms. The molecule has 6 heteroatoms. The number of rotatable bonds is 5. The molecule has 0 fully saturated rings. The molecule has 23 heavy (non-hydrogen) atoms. The van der Waals surface area contributed by atoms with Crippen LogP contribution < -0.4 is 19.5 Å². The Labute approximate surface area is 139 Å². The van der Waals surface area contributed by atoms with Gasteiger partial charge in [-0.1, -0.05) is 11.6 Å². The maximum Gasteiger partial charge on any atom is 0.181 e. The minimum atomic E-state index is -0.0473. The highest BCUT2D eigenvalue weighted by Gasteiger charge is 2.15. The fourth-order valence-corrected chi connectivity index (χ4v) is 2.54. The number of ketones is 1. The van der Waals surface area contributed by atoms with Crippen LogP contribution in [0.4, 0.5) is 5.69 Å². The third-order valence-electron chi connectivity index (χ3n) is 3.47. The number of fused-ring (bicyclic) bond motifs is 1. The van der Waals surface area contributed by atoms with Gasteiger partial charge in [-0.3, -0.25) is 4.79 Å². The monoisotopic (exact) mass is 333 g/mol. The molecule has 1 aliphatic rings. The molecule has 0 atom stereocenters. The maximum atomic E-state index is 12.3. The van der Waals surface area contributed by atoms with Crippen molar-refractivity contribution in [3.05, 3.63) is 47.0 Å².